The Morgan fingerprint density at radius 1 is 0.875 bits per heavy atom. The summed E-state index contributed by atoms with van der Waals surface area (Å²) in [6, 6.07) is 13.7. The van der Waals surface area contributed by atoms with E-state index in [0.717, 1.165) is 42.8 Å². The van der Waals surface area contributed by atoms with Gasteiger partial charge in [-0.2, -0.15) is 0 Å². The second kappa shape index (κ2) is 7.64. The summed E-state index contributed by atoms with van der Waals surface area (Å²) in [6.07, 6.45) is 11.0. The number of hydrogen-bond acceptors (Lipinski definition) is 3. The van der Waals surface area contributed by atoms with Gasteiger partial charge in [0.25, 0.3) is 0 Å². The summed E-state index contributed by atoms with van der Waals surface area (Å²) in [4.78, 5) is 12.0. The van der Waals surface area contributed by atoms with Crippen molar-refractivity contribution < 1.29 is 14.3 Å². The summed E-state index contributed by atoms with van der Waals surface area (Å²) < 4.78 is 10.9. The second-order valence-electron chi connectivity index (χ2n) is 11.1. The Kier molecular flexibility index (Phi) is 4.85. The predicted octanol–water partition coefficient (Wildman–Crippen LogP) is 6.11. The van der Waals surface area contributed by atoms with Crippen LogP contribution < -0.4 is 4.74 Å². The van der Waals surface area contributed by atoms with E-state index in [1.807, 2.05) is 7.11 Å². The molecule has 5 aliphatic rings. The van der Waals surface area contributed by atoms with Gasteiger partial charge in [-0.15, -0.1) is 0 Å². The zero-order valence-corrected chi connectivity index (χ0v) is 19.4. The third-order valence-electron chi connectivity index (χ3n) is 9.11. The molecule has 2 aromatic rings. The SMILES string of the molecule is COC(=O)C1CCc2cc(-c3ccc(OC)c(C45CC6CC(CC(C6)C4)C5)c3)ccc2C1. The second-order valence-corrected chi connectivity index (χ2v) is 11.1. The lowest BCUT2D eigenvalue weighted by Crippen LogP contribution is -2.48. The van der Waals surface area contributed by atoms with Crippen molar-refractivity contribution in [2.45, 2.75) is 63.2 Å². The van der Waals surface area contributed by atoms with E-state index in [2.05, 4.69) is 36.4 Å². The van der Waals surface area contributed by atoms with Gasteiger partial charge < -0.3 is 9.47 Å². The number of methoxy groups -OCH3 is 2. The van der Waals surface area contributed by atoms with Crippen LogP contribution in [0, 0.1) is 23.7 Å². The Bertz CT molecular complexity index is 1020. The highest BCUT2D eigenvalue weighted by Gasteiger charge is 2.52. The van der Waals surface area contributed by atoms with Crippen molar-refractivity contribution in [3.05, 3.63) is 53.1 Å². The first-order valence-corrected chi connectivity index (χ1v) is 12.5. The third-order valence-corrected chi connectivity index (χ3v) is 9.11. The maximum Gasteiger partial charge on any atom is 0.309 e. The van der Waals surface area contributed by atoms with Crippen molar-refractivity contribution in [3.63, 3.8) is 0 Å². The van der Waals surface area contributed by atoms with Crippen LogP contribution in [0.2, 0.25) is 0 Å². The van der Waals surface area contributed by atoms with E-state index in [0.29, 0.717) is 5.41 Å². The van der Waals surface area contributed by atoms with Gasteiger partial charge in [0.2, 0.25) is 0 Å². The maximum atomic E-state index is 12.0. The van der Waals surface area contributed by atoms with Gasteiger partial charge in [0, 0.05) is 5.56 Å². The first-order valence-electron chi connectivity index (χ1n) is 12.5. The van der Waals surface area contributed by atoms with Gasteiger partial charge >= 0.3 is 5.97 Å². The minimum absolute atomic E-state index is 0.00187. The van der Waals surface area contributed by atoms with Crippen molar-refractivity contribution in [1.29, 1.82) is 0 Å². The number of carbonyl (C=O) groups excluding carboxylic acids is 1. The Morgan fingerprint density at radius 3 is 2.19 bits per heavy atom. The first-order chi connectivity index (χ1) is 15.6. The van der Waals surface area contributed by atoms with Crippen molar-refractivity contribution in [2.75, 3.05) is 14.2 Å². The normalized spacial score (nSPS) is 32.4. The first kappa shape index (κ1) is 20.3. The molecule has 2 aromatic carbocycles. The van der Waals surface area contributed by atoms with Crippen LogP contribution in [0.15, 0.2) is 36.4 Å². The summed E-state index contributed by atoms with van der Waals surface area (Å²) in [5, 5.41) is 0. The number of aryl methyl sites for hydroxylation is 1. The summed E-state index contributed by atoms with van der Waals surface area (Å²) in [6.45, 7) is 0. The van der Waals surface area contributed by atoms with Crippen LogP contribution in [0.25, 0.3) is 11.1 Å². The van der Waals surface area contributed by atoms with Crippen molar-refractivity contribution in [1.82, 2.24) is 0 Å². The van der Waals surface area contributed by atoms with Crippen molar-refractivity contribution in [3.8, 4) is 16.9 Å². The van der Waals surface area contributed by atoms with E-state index in [-0.39, 0.29) is 11.9 Å². The molecule has 0 N–H and O–H groups in total. The number of esters is 1. The number of carbonyl (C=O) groups is 1. The zero-order valence-electron chi connectivity index (χ0n) is 19.4. The van der Waals surface area contributed by atoms with Crippen molar-refractivity contribution in [2.24, 2.45) is 23.7 Å². The maximum absolute atomic E-state index is 12.0. The molecular formula is C29H34O3. The Hall–Kier alpha value is -2.29. The van der Waals surface area contributed by atoms with Gasteiger partial charge in [0.05, 0.1) is 20.1 Å². The van der Waals surface area contributed by atoms with Crippen LogP contribution in [0.1, 0.15) is 61.6 Å². The summed E-state index contributed by atoms with van der Waals surface area (Å²) in [7, 11) is 3.32. The predicted molar refractivity (Wildman–Crippen MR) is 126 cm³/mol. The monoisotopic (exact) mass is 430 g/mol. The van der Waals surface area contributed by atoms with Gasteiger partial charge in [0.1, 0.15) is 5.75 Å². The number of ether oxygens (including phenoxy) is 2. The molecule has 3 nitrogen and oxygen atoms in total. The van der Waals surface area contributed by atoms with E-state index >= 15 is 0 Å². The Balaban J connectivity index is 1.34. The van der Waals surface area contributed by atoms with E-state index in [1.54, 1.807) is 0 Å². The molecule has 4 bridgehead atoms. The Morgan fingerprint density at radius 2 is 1.53 bits per heavy atom. The van der Waals surface area contributed by atoms with E-state index < -0.39 is 0 Å². The average Bonchev–Trinajstić information content (AvgIpc) is 2.81. The van der Waals surface area contributed by atoms with Crippen LogP contribution in [0.4, 0.5) is 0 Å². The molecule has 5 aliphatic carbocycles. The smallest absolute Gasteiger partial charge is 0.309 e. The van der Waals surface area contributed by atoms with E-state index in [9.17, 15) is 4.79 Å². The fraction of sp³-hybridized carbons (Fsp3) is 0.552. The quantitative estimate of drug-likeness (QED) is 0.549. The highest BCUT2D eigenvalue weighted by atomic mass is 16.5. The molecule has 0 aromatic heterocycles. The molecule has 0 spiro atoms. The zero-order chi connectivity index (χ0) is 21.9. The van der Waals surface area contributed by atoms with Crippen LogP contribution in [-0.2, 0) is 27.8 Å². The molecule has 32 heavy (non-hydrogen) atoms. The van der Waals surface area contributed by atoms with Gasteiger partial charge in [-0.05, 0) is 115 Å². The molecule has 0 amide bonds. The summed E-state index contributed by atoms with van der Waals surface area (Å²) >= 11 is 0. The largest absolute Gasteiger partial charge is 0.496 e. The fourth-order valence-corrected chi connectivity index (χ4v) is 8.04. The number of fused-ring (bicyclic) bond motifs is 1. The van der Waals surface area contributed by atoms with E-state index in [1.165, 1.54) is 73.5 Å². The van der Waals surface area contributed by atoms with Crippen LogP contribution in [-0.4, -0.2) is 20.2 Å². The molecule has 0 aliphatic heterocycles. The van der Waals surface area contributed by atoms with Gasteiger partial charge in [-0.1, -0.05) is 24.3 Å². The van der Waals surface area contributed by atoms with Gasteiger partial charge in [-0.25, -0.2) is 0 Å². The molecule has 1 atom stereocenters. The molecule has 168 valence electrons. The molecule has 7 rings (SSSR count). The molecule has 4 fully saturated rings. The third kappa shape index (κ3) is 3.27. The molecule has 1 unspecified atom stereocenters. The topological polar surface area (TPSA) is 35.5 Å². The molecule has 0 saturated heterocycles. The molecule has 3 heteroatoms. The summed E-state index contributed by atoms with van der Waals surface area (Å²) in [5.41, 5.74) is 7.04. The van der Waals surface area contributed by atoms with Gasteiger partial charge in [-0.3, -0.25) is 4.79 Å². The molecular weight excluding hydrogens is 396 g/mol. The van der Waals surface area contributed by atoms with Crippen LogP contribution in [0.5, 0.6) is 5.75 Å². The number of hydrogen-bond donors (Lipinski definition) is 0. The number of rotatable bonds is 4. The lowest BCUT2D eigenvalue weighted by atomic mass is 9.48. The lowest BCUT2D eigenvalue weighted by molar-refractivity contribution is -0.145. The Labute approximate surface area is 191 Å². The molecule has 4 saturated carbocycles. The standard InChI is InChI=1S/C29H34O3/c1-31-27-8-7-24(14-26(27)29-15-18-9-19(16-29)11-20(10-18)17-29)22-3-4-23-13-25(28(30)32-2)6-5-21(23)12-22/h3-4,7-8,12,14,18-20,25H,5-6,9-11,13,15-17H2,1-2H3. The van der Waals surface area contributed by atoms with E-state index in [4.69, 9.17) is 9.47 Å². The lowest BCUT2D eigenvalue weighted by Gasteiger charge is -2.57. The minimum Gasteiger partial charge on any atom is -0.496 e. The van der Waals surface area contributed by atoms with Crippen molar-refractivity contribution >= 4 is 5.97 Å². The minimum atomic E-state index is -0.0740. The fourth-order valence-electron chi connectivity index (χ4n) is 8.04. The summed E-state index contributed by atoms with van der Waals surface area (Å²) in [5.74, 6) is 3.76. The van der Waals surface area contributed by atoms with Crippen LogP contribution in [0.3, 0.4) is 0 Å². The highest BCUT2D eigenvalue weighted by Crippen LogP contribution is 2.62. The molecule has 0 heterocycles. The molecule has 0 radical (unpaired) electrons. The average molecular weight is 431 g/mol. The highest BCUT2D eigenvalue weighted by molar-refractivity contribution is 5.74. The number of benzene rings is 2. The van der Waals surface area contributed by atoms with Crippen LogP contribution >= 0.6 is 0 Å². The van der Waals surface area contributed by atoms with Gasteiger partial charge in [0.15, 0.2) is 0 Å².